The minimum absolute atomic E-state index is 0.0815. The maximum Gasteiger partial charge on any atom is 0.191 e. The third kappa shape index (κ3) is 3.37. The Balaban J connectivity index is 1.72. The van der Waals surface area contributed by atoms with Gasteiger partial charge in [0.15, 0.2) is 5.96 Å². The van der Waals surface area contributed by atoms with Gasteiger partial charge in [-0.3, -0.25) is 0 Å². The van der Waals surface area contributed by atoms with Crippen LogP contribution >= 0.6 is 0 Å². The van der Waals surface area contributed by atoms with Gasteiger partial charge in [-0.1, -0.05) is 13.8 Å². The van der Waals surface area contributed by atoms with Crippen LogP contribution in [0.1, 0.15) is 51.2 Å². The molecule has 1 aliphatic carbocycles. The predicted octanol–water partition coefficient (Wildman–Crippen LogP) is 2.47. The molecule has 0 amide bonds. The summed E-state index contributed by atoms with van der Waals surface area (Å²) in [6, 6.07) is 2.22. The maximum absolute atomic E-state index is 10.9. The number of nitrogens with zero attached hydrogens (tertiary/aromatic N) is 1. The van der Waals surface area contributed by atoms with Crippen LogP contribution in [0.5, 0.6) is 0 Å². The van der Waals surface area contributed by atoms with Gasteiger partial charge in [0, 0.05) is 36.1 Å². The molecule has 0 radical (unpaired) electrons. The van der Waals surface area contributed by atoms with E-state index in [0.717, 1.165) is 42.6 Å². The molecule has 3 N–H and O–H groups in total. The SMILES string of the molecule is CCNC(=NCC(C)(O)c1cc(C)oc1C)NC1C2CCOC2C1(C)C. The first-order valence-corrected chi connectivity index (χ1v) is 9.63. The van der Waals surface area contributed by atoms with Crippen LogP contribution in [0.15, 0.2) is 15.5 Å². The Labute approximate surface area is 156 Å². The van der Waals surface area contributed by atoms with E-state index in [-0.39, 0.29) is 12.0 Å². The summed E-state index contributed by atoms with van der Waals surface area (Å²) in [7, 11) is 0. The van der Waals surface area contributed by atoms with Gasteiger partial charge >= 0.3 is 0 Å². The molecule has 4 atom stereocenters. The lowest BCUT2D eigenvalue weighted by Crippen LogP contribution is -2.68. The molecule has 146 valence electrons. The molecular formula is C20H33N3O3. The van der Waals surface area contributed by atoms with E-state index in [0.29, 0.717) is 18.1 Å². The summed E-state index contributed by atoms with van der Waals surface area (Å²) in [5.41, 5.74) is -0.195. The molecule has 6 heteroatoms. The lowest BCUT2D eigenvalue weighted by Gasteiger charge is -2.55. The minimum Gasteiger partial charge on any atom is -0.466 e. The molecule has 1 aromatic heterocycles. The second kappa shape index (κ2) is 6.89. The quantitative estimate of drug-likeness (QED) is 0.553. The van der Waals surface area contributed by atoms with Crippen molar-refractivity contribution in [3.8, 4) is 0 Å². The van der Waals surface area contributed by atoms with Gasteiger partial charge in [-0.2, -0.15) is 0 Å². The Bertz CT molecular complexity index is 678. The van der Waals surface area contributed by atoms with Gasteiger partial charge in [0.2, 0.25) is 0 Å². The standard InChI is InChI=1S/C20H33N3O3/c1-7-21-18(23-16-14-8-9-25-17(14)19(16,4)5)22-11-20(6,24)15-10-12(2)26-13(15)3/h10,14,16-17,24H,7-9,11H2,1-6H3,(H2,21,22,23). The molecule has 1 saturated carbocycles. The first-order valence-electron chi connectivity index (χ1n) is 9.63. The summed E-state index contributed by atoms with van der Waals surface area (Å²) >= 11 is 0. The Morgan fingerprint density at radius 1 is 1.42 bits per heavy atom. The first-order chi connectivity index (χ1) is 12.2. The Morgan fingerprint density at radius 3 is 2.77 bits per heavy atom. The van der Waals surface area contributed by atoms with Crippen molar-refractivity contribution in [2.75, 3.05) is 19.7 Å². The van der Waals surface area contributed by atoms with Crippen LogP contribution in [0, 0.1) is 25.2 Å². The van der Waals surface area contributed by atoms with Crippen molar-refractivity contribution in [2.45, 2.75) is 65.7 Å². The number of aliphatic hydroxyl groups is 1. The molecule has 1 saturated heterocycles. The number of aryl methyl sites for hydroxylation is 2. The number of aliphatic imine (C=N–C) groups is 1. The van der Waals surface area contributed by atoms with Gasteiger partial charge in [0.05, 0.1) is 12.6 Å². The van der Waals surface area contributed by atoms with Crippen LogP contribution in [0.3, 0.4) is 0 Å². The first kappa shape index (κ1) is 19.2. The van der Waals surface area contributed by atoms with E-state index < -0.39 is 5.60 Å². The average Bonchev–Trinajstić information content (AvgIpc) is 3.15. The van der Waals surface area contributed by atoms with Crippen molar-refractivity contribution >= 4 is 5.96 Å². The zero-order valence-corrected chi connectivity index (χ0v) is 16.8. The van der Waals surface area contributed by atoms with Gasteiger partial charge in [-0.25, -0.2) is 4.99 Å². The number of nitrogens with one attached hydrogen (secondary N) is 2. The van der Waals surface area contributed by atoms with Crippen molar-refractivity contribution in [3.05, 3.63) is 23.2 Å². The summed E-state index contributed by atoms with van der Waals surface area (Å²) in [4.78, 5) is 4.68. The van der Waals surface area contributed by atoms with Crippen molar-refractivity contribution in [1.29, 1.82) is 0 Å². The summed E-state index contributed by atoms with van der Waals surface area (Å²) in [6.07, 6.45) is 1.43. The van der Waals surface area contributed by atoms with Crippen molar-refractivity contribution in [2.24, 2.45) is 16.3 Å². The smallest absolute Gasteiger partial charge is 0.191 e. The van der Waals surface area contributed by atoms with Gasteiger partial charge in [0.1, 0.15) is 17.1 Å². The van der Waals surface area contributed by atoms with E-state index in [4.69, 9.17) is 9.15 Å². The number of ether oxygens (including phenoxy) is 1. The monoisotopic (exact) mass is 363 g/mol. The van der Waals surface area contributed by atoms with E-state index in [1.807, 2.05) is 26.8 Å². The summed E-state index contributed by atoms with van der Waals surface area (Å²) in [5.74, 6) is 2.82. The third-order valence-corrected chi connectivity index (χ3v) is 5.90. The Kier molecular flexibility index (Phi) is 5.10. The molecule has 1 aliphatic heterocycles. The fourth-order valence-corrected chi connectivity index (χ4v) is 4.57. The van der Waals surface area contributed by atoms with Crippen molar-refractivity contribution < 1.29 is 14.3 Å². The molecule has 0 spiro atoms. The lowest BCUT2D eigenvalue weighted by molar-refractivity contribution is -0.106. The molecule has 2 fully saturated rings. The van der Waals surface area contributed by atoms with E-state index in [1.165, 1.54) is 0 Å². The Morgan fingerprint density at radius 2 is 2.15 bits per heavy atom. The van der Waals surface area contributed by atoms with Crippen LogP contribution < -0.4 is 10.6 Å². The lowest BCUT2D eigenvalue weighted by atomic mass is 9.57. The number of fused-ring (bicyclic) bond motifs is 1. The highest BCUT2D eigenvalue weighted by Gasteiger charge is 2.59. The number of hydrogen-bond donors (Lipinski definition) is 3. The predicted molar refractivity (Wildman–Crippen MR) is 102 cm³/mol. The van der Waals surface area contributed by atoms with Gasteiger partial charge in [0.25, 0.3) is 0 Å². The maximum atomic E-state index is 10.9. The average molecular weight is 364 g/mol. The molecule has 2 aliphatic rings. The third-order valence-electron chi connectivity index (χ3n) is 5.90. The van der Waals surface area contributed by atoms with Gasteiger partial charge in [-0.05, 0) is 40.2 Å². The highest BCUT2D eigenvalue weighted by Crippen LogP contribution is 2.52. The minimum atomic E-state index is -1.07. The van der Waals surface area contributed by atoms with Crippen LogP contribution in [-0.4, -0.2) is 42.9 Å². The van der Waals surface area contributed by atoms with Crippen LogP contribution in [0.25, 0.3) is 0 Å². The van der Waals surface area contributed by atoms with E-state index in [1.54, 1.807) is 6.92 Å². The molecule has 1 aromatic rings. The molecular weight excluding hydrogens is 330 g/mol. The van der Waals surface area contributed by atoms with Gasteiger partial charge in [-0.15, -0.1) is 0 Å². The fourth-order valence-electron chi connectivity index (χ4n) is 4.57. The van der Waals surface area contributed by atoms with E-state index in [2.05, 4.69) is 29.5 Å². The molecule has 4 unspecified atom stereocenters. The summed E-state index contributed by atoms with van der Waals surface area (Å²) in [5, 5.41) is 17.8. The molecule has 0 aromatic carbocycles. The topological polar surface area (TPSA) is 79.0 Å². The van der Waals surface area contributed by atoms with Crippen molar-refractivity contribution in [1.82, 2.24) is 10.6 Å². The second-order valence-electron chi connectivity index (χ2n) is 8.48. The molecule has 0 bridgehead atoms. The van der Waals surface area contributed by atoms with Crippen LogP contribution in [0.2, 0.25) is 0 Å². The van der Waals surface area contributed by atoms with Gasteiger partial charge < -0.3 is 24.9 Å². The van der Waals surface area contributed by atoms with Crippen LogP contribution in [0.4, 0.5) is 0 Å². The summed E-state index contributed by atoms with van der Waals surface area (Å²) < 4.78 is 11.4. The number of rotatable bonds is 5. The highest BCUT2D eigenvalue weighted by molar-refractivity contribution is 5.80. The molecule has 26 heavy (non-hydrogen) atoms. The zero-order chi connectivity index (χ0) is 19.1. The zero-order valence-electron chi connectivity index (χ0n) is 16.8. The number of hydrogen-bond acceptors (Lipinski definition) is 4. The van der Waals surface area contributed by atoms with Crippen molar-refractivity contribution in [3.63, 3.8) is 0 Å². The van der Waals surface area contributed by atoms with E-state index >= 15 is 0 Å². The highest BCUT2D eigenvalue weighted by atomic mass is 16.5. The fraction of sp³-hybridized carbons (Fsp3) is 0.750. The molecule has 2 heterocycles. The Hall–Kier alpha value is -1.53. The number of guanidine groups is 1. The normalized spacial score (nSPS) is 29.7. The van der Waals surface area contributed by atoms with E-state index in [9.17, 15) is 5.11 Å². The largest absolute Gasteiger partial charge is 0.466 e. The molecule has 3 rings (SSSR count). The second-order valence-corrected chi connectivity index (χ2v) is 8.48. The molecule has 6 nitrogen and oxygen atoms in total. The number of furan rings is 1. The van der Waals surface area contributed by atoms with Crippen LogP contribution in [-0.2, 0) is 10.3 Å². The summed E-state index contributed by atoms with van der Waals surface area (Å²) in [6.45, 7) is 14.0.